The summed E-state index contributed by atoms with van der Waals surface area (Å²) in [4.78, 5) is 13.3. The lowest BCUT2D eigenvalue weighted by Gasteiger charge is -2.15. The number of aliphatic hydroxyl groups is 3. The Morgan fingerprint density at radius 3 is 2.67 bits per heavy atom. The SMILES string of the molecule is Nc1c([N+](=O)[O-])ncn1C1OC(CO)C(O)C1O. The number of aliphatic hydroxyl groups excluding tert-OH is 3. The maximum atomic E-state index is 10.6. The van der Waals surface area contributed by atoms with Crippen molar-refractivity contribution in [3.05, 3.63) is 16.4 Å². The van der Waals surface area contributed by atoms with Gasteiger partial charge < -0.3 is 35.9 Å². The van der Waals surface area contributed by atoms with Gasteiger partial charge in [-0.2, -0.15) is 0 Å². The minimum absolute atomic E-state index is 0.296. The van der Waals surface area contributed by atoms with E-state index in [1.807, 2.05) is 0 Å². The van der Waals surface area contributed by atoms with Gasteiger partial charge in [-0.25, -0.2) is 0 Å². The van der Waals surface area contributed by atoms with Crippen molar-refractivity contribution in [2.75, 3.05) is 12.3 Å². The Hall–Kier alpha value is -1.75. The van der Waals surface area contributed by atoms with E-state index in [1.165, 1.54) is 0 Å². The Labute approximate surface area is 100 Å². The zero-order valence-corrected chi connectivity index (χ0v) is 9.08. The molecule has 0 amide bonds. The molecule has 1 aliphatic heterocycles. The van der Waals surface area contributed by atoms with Crippen molar-refractivity contribution < 1.29 is 25.0 Å². The molecule has 5 N–H and O–H groups in total. The second-order valence-corrected chi connectivity index (χ2v) is 3.85. The first-order chi connectivity index (χ1) is 8.47. The van der Waals surface area contributed by atoms with Gasteiger partial charge >= 0.3 is 5.82 Å². The fraction of sp³-hybridized carbons (Fsp3) is 0.625. The molecule has 0 saturated carbocycles. The first kappa shape index (κ1) is 12.7. The second-order valence-electron chi connectivity index (χ2n) is 3.85. The number of hydrogen-bond donors (Lipinski definition) is 4. The quantitative estimate of drug-likeness (QED) is 0.358. The van der Waals surface area contributed by atoms with Crippen LogP contribution in [0.4, 0.5) is 11.6 Å². The van der Waals surface area contributed by atoms with Crippen molar-refractivity contribution in [2.45, 2.75) is 24.5 Å². The van der Waals surface area contributed by atoms with Gasteiger partial charge in [-0.15, -0.1) is 0 Å². The Morgan fingerprint density at radius 2 is 2.22 bits per heavy atom. The Morgan fingerprint density at radius 1 is 1.56 bits per heavy atom. The number of nitrogens with zero attached hydrogens (tertiary/aromatic N) is 3. The number of anilines is 1. The van der Waals surface area contributed by atoms with Crippen LogP contribution in [0.1, 0.15) is 6.23 Å². The number of aromatic nitrogens is 2. The van der Waals surface area contributed by atoms with Crippen molar-refractivity contribution in [3.63, 3.8) is 0 Å². The number of nitrogens with two attached hydrogens (primary N) is 1. The molecule has 0 aliphatic carbocycles. The summed E-state index contributed by atoms with van der Waals surface area (Å²) < 4.78 is 6.21. The standard InChI is InChI=1S/C8H12N4O6/c9-6-7(12(16)17)10-2-11(6)8-5(15)4(14)3(1-13)18-8/h2-5,8,13-15H,1,9H2. The highest BCUT2D eigenvalue weighted by molar-refractivity contribution is 5.47. The molecule has 4 atom stereocenters. The summed E-state index contributed by atoms with van der Waals surface area (Å²) in [6.45, 7) is -0.495. The lowest BCUT2D eigenvalue weighted by atomic mass is 10.1. The van der Waals surface area contributed by atoms with Crippen LogP contribution in [0.5, 0.6) is 0 Å². The van der Waals surface area contributed by atoms with Gasteiger partial charge in [0.05, 0.1) is 6.61 Å². The molecule has 100 valence electrons. The summed E-state index contributed by atoms with van der Waals surface area (Å²) in [5.41, 5.74) is 5.50. The number of nitrogen functional groups attached to an aromatic ring is 1. The van der Waals surface area contributed by atoms with Crippen LogP contribution in [-0.2, 0) is 4.74 Å². The zero-order valence-electron chi connectivity index (χ0n) is 9.08. The molecule has 0 radical (unpaired) electrons. The summed E-state index contributed by atoms with van der Waals surface area (Å²) in [5, 5.41) is 38.8. The summed E-state index contributed by atoms with van der Waals surface area (Å²) in [5.74, 6) is -0.859. The van der Waals surface area contributed by atoms with Gasteiger partial charge in [0.1, 0.15) is 18.3 Å². The van der Waals surface area contributed by atoms with Crippen molar-refractivity contribution in [1.29, 1.82) is 0 Å². The highest BCUT2D eigenvalue weighted by Crippen LogP contribution is 2.33. The van der Waals surface area contributed by atoms with Gasteiger partial charge in [-0.3, -0.25) is 4.57 Å². The number of ether oxygens (including phenoxy) is 1. The molecule has 10 nitrogen and oxygen atoms in total. The first-order valence-electron chi connectivity index (χ1n) is 5.06. The van der Waals surface area contributed by atoms with Crippen molar-refractivity contribution in [3.8, 4) is 0 Å². The summed E-state index contributed by atoms with van der Waals surface area (Å²) in [6.07, 6.45) is -3.74. The number of nitro groups is 1. The van der Waals surface area contributed by atoms with Gasteiger partial charge in [-0.05, 0) is 9.91 Å². The predicted octanol–water partition coefficient (Wildman–Crippen LogP) is -2.02. The van der Waals surface area contributed by atoms with Crippen LogP contribution >= 0.6 is 0 Å². The maximum Gasteiger partial charge on any atom is 0.406 e. The minimum atomic E-state index is -1.36. The Balaban J connectivity index is 2.30. The van der Waals surface area contributed by atoms with Gasteiger partial charge in [-0.1, -0.05) is 0 Å². The van der Waals surface area contributed by atoms with Crippen LogP contribution in [0.15, 0.2) is 6.33 Å². The molecule has 2 rings (SSSR count). The van der Waals surface area contributed by atoms with Crippen molar-refractivity contribution >= 4 is 11.6 Å². The lowest BCUT2D eigenvalue weighted by Crippen LogP contribution is -2.33. The molecule has 1 fully saturated rings. The molecule has 1 aromatic heterocycles. The number of rotatable bonds is 3. The normalized spacial score (nSPS) is 31.7. The topological polar surface area (TPSA) is 157 Å². The molecule has 0 aromatic carbocycles. The summed E-state index contributed by atoms with van der Waals surface area (Å²) in [7, 11) is 0. The molecule has 4 unspecified atom stereocenters. The highest BCUT2D eigenvalue weighted by atomic mass is 16.6. The first-order valence-corrected chi connectivity index (χ1v) is 5.06. The van der Waals surface area contributed by atoms with Crippen LogP contribution in [0.2, 0.25) is 0 Å². The molecule has 2 heterocycles. The summed E-state index contributed by atoms with van der Waals surface area (Å²) >= 11 is 0. The molecule has 10 heteroatoms. The van der Waals surface area contributed by atoms with E-state index >= 15 is 0 Å². The predicted molar refractivity (Wildman–Crippen MR) is 56.3 cm³/mol. The average Bonchev–Trinajstić information content (AvgIpc) is 2.82. The average molecular weight is 260 g/mol. The molecule has 18 heavy (non-hydrogen) atoms. The van der Waals surface area contributed by atoms with Gasteiger partial charge in [0, 0.05) is 0 Å². The van der Waals surface area contributed by atoms with Crippen LogP contribution in [-0.4, -0.2) is 54.7 Å². The fourth-order valence-corrected chi connectivity index (χ4v) is 1.81. The van der Waals surface area contributed by atoms with Gasteiger partial charge in [0.15, 0.2) is 6.23 Å². The van der Waals surface area contributed by atoms with Crippen LogP contribution < -0.4 is 5.73 Å². The highest BCUT2D eigenvalue weighted by Gasteiger charge is 2.45. The Kier molecular flexibility index (Phi) is 3.17. The monoisotopic (exact) mass is 260 g/mol. The molecule has 0 spiro atoms. The van der Waals surface area contributed by atoms with Crippen molar-refractivity contribution in [2.24, 2.45) is 0 Å². The number of imidazole rings is 1. The zero-order chi connectivity index (χ0) is 13.4. The van der Waals surface area contributed by atoms with E-state index in [9.17, 15) is 20.3 Å². The summed E-state index contributed by atoms with van der Waals surface area (Å²) in [6, 6.07) is 0. The van der Waals surface area contributed by atoms with Crippen molar-refractivity contribution in [1.82, 2.24) is 9.55 Å². The fourth-order valence-electron chi connectivity index (χ4n) is 1.81. The van der Waals surface area contributed by atoms with E-state index in [2.05, 4.69) is 4.98 Å². The molecule has 1 aliphatic rings. The van der Waals surface area contributed by atoms with Gasteiger partial charge in [0.2, 0.25) is 12.1 Å². The smallest absolute Gasteiger partial charge is 0.394 e. The number of hydrogen-bond acceptors (Lipinski definition) is 8. The molecular weight excluding hydrogens is 248 g/mol. The minimum Gasteiger partial charge on any atom is -0.394 e. The molecule has 1 aromatic rings. The van der Waals surface area contributed by atoms with E-state index in [-0.39, 0.29) is 5.82 Å². The van der Waals surface area contributed by atoms with Crippen LogP contribution in [0.25, 0.3) is 0 Å². The largest absolute Gasteiger partial charge is 0.406 e. The van der Waals surface area contributed by atoms with E-state index in [4.69, 9.17) is 15.6 Å². The maximum absolute atomic E-state index is 10.6. The molecule has 1 saturated heterocycles. The Bertz CT molecular complexity index is 462. The second kappa shape index (κ2) is 4.49. The van der Waals surface area contributed by atoms with E-state index in [1.54, 1.807) is 0 Å². The van der Waals surface area contributed by atoms with E-state index < -0.39 is 41.9 Å². The van der Waals surface area contributed by atoms with E-state index in [0.29, 0.717) is 0 Å². The third-order valence-electron chi connectivity index (χ3n) is 2.78. The molecule has 0 bridgehead atoms. The van der Waals surface area contributed by atoms with E-state index in [0.717, 1.165) is 10.9 Å². The van der Waals surface area contributed by atoms with Gasteiger partial charge in [0.25, 0.3) is 0 Å². The molecular formula is C8H12N4O6. The van der Waals surface area contributed by atoms with Crippen LogP contribution in [0, 0.1) is 10.1 Å². The lowest BCUT2D eigenvalue weighted by molar-refractivity contribution is -0.388. The third-order valence-corrected chi connectivity index (χ3v) is 2.78. The van der Waals surface area contributed by atoms with Crippen LogP contribution in [0.3, 0.4) is 0 Å². The third kappa shape index (κ3) is 1.80.